The molecular weight excluding hydrogens is 394 g/mol. The van der Waals surface area contributed by atoms with Gasteiger partial charge in [0.05, 0.1) is 11.5 Å². The van der Waals surface area contributed by atoms with Crippen LogP contribution in [0.5, 0.6) is 0 Å². The van der Waals surface area contributed by atoms with Gasteiger partial charge < -0.3 is 15.5 Å². The second kappa shape index (κ2) is 7.87. The number of H-pyrrole nitrogens is 1. The maximum atomic E-state index is 12.8. The van der Waals surface area contributed by atoms with Crippen molar-refractivity contribution >= 4 is 40.9 Å². The van der Waals surface area contributed by atoms with Crippen molar-refractivity contribution in [2.24, 2.45) is 5.92 Å². The normalized spacial score (nSPS) is 19.4. The van der Waals surface area contributed by atoms with Crippen LogP contribution in [-0.2, 0) is 9.59 Å². The van der Waals surface area contributed by atoms with Crippen molar-refractivity contribution < 1.29 is 9.59 Å². The number of nitrogens with zero attached hydrogens (tertiary/aromatic N) is 2. The predicted octanol–water partition coefficient (Wildman–Crippen LogP) is 2.72. The van der Waals surface area contributed by atoms with E-state index in [9.17, 15) is 14.4 Å². The van der Waals surface area contributed by atoms with Crippen LogP contribution in [0.4, 0.5) is 17.5 Å². The minimum Gasteiger partial charge on any atom is -0.342 e. The minimum absolute atomic E-state index is 0.120. The summed E-state index contributed by atoms with van der Waals surface area (Å²) >= 11 is 5.96. The summed E-state index contributed by atoms with van der Waals surface area (Å²) < 4.78 is 0. The van der Waals surface area contributed by atoms with E-state index in [-0.39, 0.29) is 23.7 Å². The molecule has 2 aliphatic heterocycles. The number of hydrogen-bond donors (Lipinski definition) is 3. The van der Waals surface area contributed by atoms with Gasteiger partial charge in [-0.25, -0.2) is 0 Å². The van der Waals surface area contributed by atoms with Gasteiger partial charge in [0, 0.05) is 30.2 Å². The molecule has 1 unspecified atom stereocenters. The molecular formula is C20H22ClN5O3. The first kappa shape index (κ1) is 19.4. The van der Waals surface area contributed by atoms with Crippen molar-refractivity contribution in [1.29, 1.82) is 0 Å². The summed E-state index contributed by atoms with van der Waals surface area (Å²) in [4.78, 5) is 47.2. The fraction of sp³-hybridized carbons (Fsp3) is 0.400. The van der Waals surface area contributed by atoms with Gasteiger partial charge in [-0.15, -0.1) is 0 Å². The number of nitrogens with one attached hydrogen (secondary N) is 3. The van der Waals surface area contributed by atoms with Gasteiger partial charge in [-0.2, -0.15) is 4.98 Å². The number of rotatable bonds is 3. The average molecular weight is 416 g/mol. The molecule has 0 radical (unpaired) electrons. The zero-order valence-corrected chi connectivity index (χ0v) is 16.8. The number of benzene rings is 1. The highest BCUT2D eigenvalue weighted by atomic mass is 35.5. The highest BCUT2D eigenvalue weighted by molar-refractivity contribution is 6.30. The van der Waals surface area contributed by atoms with E-state index < -0.39 is 17.4 Å². The Morgan fingerprint density at radius 1 is 1.28 bits per heavy atom. The van der Waals surface area contributed by atoms with Crippen molar-refractivity contribution in [1.82, 2.24) is 9.97 Å². The Morgan fingerprint density at radius 2 is 2.03 bits per heavy atom. The van der Waals surface area contributed by atoms with Crippen LogP contribution in [0.2, 0.25) is 5.02 Å². The lowest BCUT2D eigenvalue weighted by atomic mass is 9.92. The number of carbonyl (C=O) groups is 2. The molecule has 8 nitrogen and oxygen atoms in total. The molecule has 3 heterocycles. The van der Waals surface area contributed by atoms with Crippen molar-refractivity contribution in [3.05, 3.63) is 45.2 Å². The summed E-state index contributed by atoms with van der Waals surface area (Å²) in [6, 6.07) is 6.69. The Balaban J connectivity index is 1.63. The van der Waals surface area contributed by atoms with Crippen LogP contribution < -0.4 is 21.1 Å². The van der Waals surface area contributed by atoms with E-state index in [4.69, 9.17) is 11.6 Å². The van der Waals surface area contributed by atoms with Gasteiger partial charge in [0.15, 0.2) is 0 Å². The fourth-order valence-corrected chi connectivity index (χ4v) is 3.94. The molecule has 0 saturated carbocycles. The monoisotopic (exact) mass is 415 g/mol. The maximum Gasteiger partial charge on any atom is 0.258 e. The molecule has 1 aromatic carbocycles. The molecule has 2 aliphatic rings. The Labute approximate surface area is 172 Å². The number of aromatic nitrogens is 2. The van der Waals surface area contributed by atoms with Gasteiger partial charge in [0.1, 0.15) is 5.82 Å². The van der Waals surface area contributed by atoms with E-state index >= 15 is 0 Å². The summed E-state index contributed by atoms with van der Waals surface area (Å²) in [5, 5.41) is 5.86. The molecule has 1 saturated heterocycles. The standard InChI is InChI=1S/C20H22ClN5O3/c1-11-5-7-26(8-6-11)20-24-17-16(19(29)25-20)14(10-15(27)23-17)18(28)22-13-4-2-3-12(21)9-13/h2-4,9,11,14H,5-8,10H2,1H3,(H,22,28)(H2,23,24,25,27,29). The summed E-state index contributed by atoms with van der Waals surface area (Å²) in [5.74, 6) is -0.503. The summed E-state index contributed by atoms with van der Waals surface area (Å²) in [6.45, 7) is 3.77. The molecule has 0 bridgehead atoms. The fourth-order valence-electron chi connectivity index (χ4n) is 3.75. The second-order valence-corrected chi connectivity index (χ2v) is 8.06. The highest BCUT2D eigenvalue weighted by Crippen LogP contribution is 2.31. The largest absolute Gasteiger partial charge is 0.342 e. The summed E-state index contributed by atoms with van der Waals surface area (Å²) in [6.07, 6.45) is 1.90. The molecule has 3 N–H and O–H groups in total. The van der Waals surface area contributed by atoms with Crippen molar-refractivity contribution in [3.63, 3.8) is 0 Å². The SMILES string of the molecule is CC1CCN(c2nc3c(c(=O)[nH]2)C(C(=O)Nc2cccc(Cl)c2)CC(=O)N3)CC1. The van der Waals surface area contributed by atoms with Crippen molar-refractivity contribution in [2.45, 2.75) is 32.1 Å². The maximum absolute atomic E-state index is 12.8. The van der Waals surface area contributed by atoms with E-state index in [1.54, 1.807) is 24.3 Å². The van der Waals surface area contributed by atoms with Crippen LogP contribution in [0.1, 0.15) is 37.7 Å². The zero-order chi connectivity index (χ0) is 20.5. The molecule has 1 atom stereocenters. The number of anilines is 3. The molecule has 1 aromatic heterocycles. The first-order valence-corrected chi connectivity index (χ1v) is 10.0. The number of aromatic amines is 1. The Morgan fingerprint density at radius 3 is 2.76 bits per heavy atom. The molecule has 0 aliphatic carbocycles. The Bertz CT molecular complexity index is 1010. The third-order valence-corrected chi connectivity index (χ3v) is 5.67. The van der Waals surface area contributed by atoms with Crippen LogP contribution in [-0.4, -0.2) is 34.9 Å². The third kappa shape index (κ3) is 4.12. The van der Waals surface area contributed by atoms with Crippen LogP contribution in [0.3, 0.4) is 0 Å². The number of piperidine rings is 1. The molecule has 152 valence electrons. The van der Waals surface area contributed by atoms with Crippen molar-refractivity contribution in [2.75, 3.05) is 28.6 Å². The molecule has 0 spiro atoms. The lowest BCUT2D eigenvalue weighted by Gasteiger charge is -2.31. The first-order chi connectivity index (χ1) is 13.9. The molecule has 4 rings (SSSR count). The summed E-state index contributed by atoms with van der Waals surface area (Å²) in [5.41, 5.74) is 0.270. The third-order valence-electron chi connectivity index (χ3n) is 5.43. The van der Waals surface area contributed by atoms with E-state index in [1.165, 1.54) is 0 Å². The highest BCUT2D eigenvalue weighted by Gasteiger charge is 2.35. The molecule has 2 aromatic rings. The number of fused-ring (bicyclic) bond motifs is 1. The van der Waals surface area contributed by atoms with Gasteiger partial charge in [0.25, 0.3) is 5.56 Å². The molecule has 1 fully saturated rings. The average Bonchev–Trinajstić information content (AvgIpc) is 2.67. The van der Waals surface area contributed by atoms with E-state index in [1.807, 2.05) is 4.90 Å². The lowest BCUT2D eigenvalue weighted by Crippen LogP contribution is -2.39. The first-order valence-electron chi connectivity index (χ1n) is 9.66. The predicted molar refractivity (Wildman–Crippen MR) is 112 cm³/mol. The minimum atomic E-state index is -0.926. The molecule has 2 amide bonds. The van der Waals surface area contributed by atoms with Gasteiger partial charge in [-0.3, -0.25) is 19.4 Å². The van der Waals surface area contributed by atoms with E-state index in [0.29, 0.717) is 22.6 Å². The Hall–Kier alpha value is -2.87. The van der Waals surface area contributed by atoms with Crippen LogP contribution >= 0.6 is 11.6 Å². The lowest BCUT2D eigenvalue weighted by molar-refractivity contribution is -0.123. The number of hydrogen-bond acceptors (Lipinski definition) is 5. The number of carbonyl (C=O) groups excluding carboxylic acids is 2. The van der Waals surface area contributed by atoms with Gasteiger partial charge in [-0.1, -0.05) is 24.6 Å². The number of halogens is 1. The van der Waals surface area contributed by atoms with Gasteiger partial charge in [-0.05, 0) is 37.0 Å². The van der Waals surface area contributed by atoms with Crippen molar-refractivity contribution in [3.8, 4) is 0 Å². The Kier molecular flexibility index (Phi) is 5.27. The van der Waals surface area contributed by atoms with Crippen LogP contribution in [0.15, 0.2) is 29.1 Å². The van der Waals surface area contributed by atoms with E-state index in [2.05, 4.69) is 27.5 Å². The van der Waals surface area contributed by atoms with E-state index in [0.717, 1.165) is 25.9 Å². The zero-order valence-electron chi connectivity index (χ0n) is 16.0. The van der Waals surface area contributed by atoms with Gasteiger partial charge in [0.2, 0.25) is 17.8 Å². The quantitative estimate of drug-likeness (QED) is 0.714. The number of amides is 2. The van der Waals surface area contributed by atoms with Crippen LogP contribution in [0, 0.1) is 5.92 Å². The van der Waals surface area contributed by atoms with Crippen LogP contribution in [0.25, 0.3) is 0 Å². The van der Waals surface area contributed by atoms with Gasteiger partial charge >= 0.3 is 0 Å². The topological polar surface area (TPSA) is 107 Å². The molecule has 29 heavy (non-hydrogen) atoms. The summed E-state index contributed by atoms with van der Waals surface area (Å²) in [7, 11) is 0. The smallest absolute Gasteiger partial charge is 0.258 e. The molecule has 9 heteroatoms. The second-order valence-electron chi connectivity index (χ2n) is 7.63.